The van der Waals surface area contributed by atoms with Crippen molar-refractivity contribution in [3.63, 3.8) is 0 Å². The van der Waals surface area contributed by atoms with Crippen molar-refractivity contribution in [2.24, 2.45) is 5.73 Å². The van der Waals surface area contributed by atoms with Crippen LogP contribution >= 0.6 is 12.4 Å². The average molecular weight is 308 g/mol. The van der Waals surface area contributed by atoms with Gasteiger partial charge in [-0.3, -0.25) is 9.59 Å². The van der Waals surface area contributed by atoms with Crippen molar-refractivity contribution >= 4 is 24.2 Å². The van der Waals surface area contributed by atoms with Crippen LogP contribution in [0.1, 0.15) is 33.1 Å². The zero-order chi connectivity index (χ0) is 14.3. The van der Waals surface area contributed by atoms with Crippen LogP contribution in [0.25, 0.3) is 0 Å². The molecule has 1 heterocycles. The number of rotatable bonds is 6. The number of morpholine rings is 1. The number of hydrogen-bond donors (Lipinski definition) is 2. The molecule has 0 saturated carbocycles. The summed E-state index contributed by atoms with van der Waals surface area (Å²) in [7, 11) is 0. The molecule has 0 aromatic carbocycles. The van der Waals surface area contributed by atoms with E-state index in [0.29, 0.717) is 45.7 Å². The smallest absolute Gasteiger partial charge is 0.239 e. The summed E-state index contributed by atoms with van der Waals surface area (Å²) in [5.74, 6) is -0.137. The number of nitrogens with two attached hydrogens (primary N) is 1. The van der Waals surface area contributed by atoms with Gasteiger partial charge in [0.05, 0.1) is 18.8 Å². The number of nitrogens with zero attached hydrogens (tertiary/aromatic N) is 1. The third kappa shape index (κ3) is 6.07. The number of amides is 2. The molecule has 0 radical (unpaired) electrons. The summed E-state index contributed by atoms with van der Waals surface area (Å²) in [6.07, 6.45) is 1.80. The highest BCUT2D eigenvalue weighted by Gasteiger charge is 2.27. The normalized spacial score (nSPS) is 17.9. The molecule has 1 unspecified atom stereocenters. The van der Waals surface area contributed by atoms with Crippen molar-refractivity contribution in [3.8, 4) is 0 Å². The molecule has 0 bridgehead atoms. The minimum absolute atomic E-state index is 0. The zero-order valence-corrected chi connectivity index (χ0v) is 13.1. The maximum atomic E-state index is 11.8. The molecule has 0 spiro atoms. The van der Waals surface area contributed by atoms with E-state index < -0.39 is 5.54 Å². The van der Waals surface area contributed by atoms with Crippen LogP contribution in [0, 0.1) is 0 Å². The monoisotopic (exact) mass is 307 g/mol. The Hall–Kier alpha value is -0.850. The number of halogens is 1. The fourth-order valence-electron chi connectivity index (χ4n) is 2.09. The Labute approximate surface area is 126 Å². The minimum Gasteiger partial charge on any atom is -0.378 e. The highest BCUT2D eigenvalue weighted by Crippen LogP contribution is 2.08. The standard InChI is InChI=1S/C13H25N3O3.ClH/c1-3-5-13(2,14)12(18)15-6-4-11(17)16-7-9-19-10-8-16;/h3-10,14H2,1-2H3,(H,15,18);1H. The Balaban J connectivity index is 0.00000361. The van der Waals surface area contributed by atoms with Crippen LogP contribution in [0.4, 0.5) is 0 Å². The topological polar surface area (TPSA) is 84.7 Å². The first-order chi connectivity index (χ1) is 8.97. The van der Waals surface area contributed by atoms with Gasteiger partial charge >= 0.3 is 0 Å². The lowest BCUT2D eigenvalue weighted by Gasteiger charge is -2.27. The van der Waals surface area contributed by atoms with E-state index in [2.05, 4.69) is 5.32 Å². The van der Waals surface area contributed by atoms with Crippen molar-refractivity contribution < 1.29 is 14.3 Å². The predicted molar refractivity (Wildman–Crippen MR) is 79.8 cm³/mol. The summed E-state index contributed by atoms with van der Waals surface area (Å²) in [6.45, 7) is 6.50. The number of nitrogens with one attached hydrogen (secondary N) is 1. The summed E-state index contributed by atoms with van der Waals surface area (Å²) in [5, 5.41) is 2.74. The van der Waals surface area contributed by atoms with Crippen molar-refractivity contribution in [1.82, 2.24) is 10.2 Å². The maximum absolute atomic E-state index is 11.8. The molecule has 0 aliphatic carbocycles. The SMILES string of the molecule is CCCC(C)(N)C(=O)NCCC(=O)N1CCOCC1.Cl. The molecule has 0 aromatic rings. The first-order valence-electron chi connectivity index (χ1n) is 6.90. The van der Waals surface area contributed by atoms with Crippen LogP contribution < -0.4 is 11.1 Å². The van der Waals surface area contributed by atoms with E-state index >= 15 is 0 Å². The van der Waals surface area contributed by atoms with Crippen molar-refractivity contribution in [1.29, 1.82) is 0 Å². The molecule has 6 nitrogen and oxygen atoms in total. The number of carbonyl (C=O) groups is 2. The van der Waals surface area contributed by atoms with Crippen molar-refractivity contribution in [2.45, 2.75) is 38.6 Å². The fourth-order valence-corrected chi connectivity index (χ4v) is 2.09. The maximum Gasteiger partial charge on any atom is 0.239 e. The molecule has 1 rings (SSSR count). The van der Waals surface area contributed by atoms with Crippen molar-refractivity contribution in [2.75, 3.05) is 32.8 Å². The van der Waals surface area contributed by atoms with Crippen LogP contribution in [0.2, 0.25) is 0 Å². The largest absolute Gasteiger partial charge is 0.378 e. The Morgan fingerprint density at radius 2 is 1.95 bits per heavy atom. The summed E-state index contributed by atoms with van der Waals surface area (Å²) in [6, 6.07) is 0. The third-order valence-electron chi connectivity index (χ3n) is 3.28. The van der Waals surface area contributed by atoms with Gasteiger partial charge in [0.15, 0.2) is 0 Å². The number of carbonyl (C=O) groups excluding carboxylic acids is 2. The van der Waals surface area contributed by atoms with Gasteiger partial charge in [0.2, 0.25) is 11.8 Å². The van der Waals surface area contributed by atoms with Gasteiger partial charge in [0.1, 0.15) is 0 Å². The zero-order valence-electron chi connectivity index (χ0n) is 12.3. The van der Waals surface area contributed by atoms with E-state index in [9.17, 15) is 9.59 Å². The van der Waals surface area contributed by atoms with Gasteiger partial charge in [-0.25, -0.2) is 0 Å². The van der Waals surface area contributed by atoms with E-state index in [1.54, 1.807) is 11.8 Å². The molecule has 1 atom stereocenters. The van der Waals surface area contributed by atoms with E-state index in [4.69, 9.17) is 10.5 Å². The van der Waals surface area contributed by atoms with Gasteiger partial charge in [0.25, 0.3) is 0 Å². The lowest BCUT2D eigenvalue weighted by Crippen LogP contribution is -2.52. The number of hydrogen-bond acceptors (Lipinski definition) is 4. The molecule has 1 fully saturated rings. The third-order valence-corrected chi connectivity index (χ3v) is 3.28. The first-order valence-corrected chi connectivity index (χ1v) is 6.90. The van der Waals surface area contributed by atoms with Crippen LogP contribution in [-0.2, 0) is 14.3 Å². The fraction of sp³-hybridized carbons (Fsp3) is 0.846. The van der Waals surface area contributed by atoms with Crippen LogP contribution in [0.5, 0.6) is 0 Å². The van der Waals surface area contributed by atoms with Gasteiger partial charge in [-0.15, -0.1) is 12.4 Å². The molecule has 2 amide bonds. The predicted octanol–water partition coefficient (Wildman–Crippen LogP) is 0.291. The molecule has 20 heavy (non-hydrogen) atoms. The summed E-state index contributed by atoms with van der Waals surface area (Å²) in [4.78, 5) is 25.4. The Morgan fingerprint density at radius 3 is 2.50 bits per heavy atom. The van der Waals surface area contributed by atoms with E-state index in [0.717, 1.165) is 6.42 Å². The average Bonchev–Trinajstić information content (AvgIpc) is 2.39. The molecule has 7 heteroatoms. The van der Waals surface area contributed by atoms with Gasteiger partial charge < -0.3 is 20.7 Å². The van der Waals surface area contributed by atoms with Gasteiger partial charge in [-0.1, -0.05) is 13.3 Å². The Morgan fingerprint density at radius 1 is 1.35 bits per heavy atom. The lowest BCUT2D eigenvalue weighted by molar-refractivity contribution is -0.135. The minimum atomic E-state index is -0.850. The summed E-state index contributed by atoms with van der Waals surface area (Å²) in [5.41, 5.74) is 5.06. The highest BCUT2D eigenvalue weighted by atomic mass is 35.5. The van der Waals surface area contributed by atoms with Crippen LogP contribution in [0.15, 0.2) is 0 Å². The molecule has 0 aromatic heterocycles. The number of ether oxygens (including phenoxy) is 1. The van der Waals surface area contributed by atoms with Gasteiger partial charge in [0, 0.05) is 26.1 Å². The second kappa shape index (κ2) is 9.15. The second-order valence-corrected chi connectivity index (χ2v) is 5.17. The van der Waals surface area contributed by atoms with Crippen LogP contribution in [0.3, 0.4) is 0 Å². The molecular weight excluding hydrogens is 282 g/mol. The van der Waals surface area contributed by atoms with E-state index in [1.165, 1.54) is 0 Å². The van der Waals surface area contributed by atoms with Crippen LogP contribution in [-0.4, -0.2) is 55.1 Å². The summed E-state index contributed by atoms with van der Waals surface area (Å²) >= 11 is 0. The molecule has 1 aliphatic heterocycles. The van der Waals surface area contributed by atoms with Gasteiger partial charge in [-0.05, 0) is 13.3 Å². The second-order valence-electron chi connectivity index (χ2n) is 5.17. The molecule has 118 valence electrons. The van der Waals surface area contributed by atoms with Gasteiger partial charge in [-0.2, -0.15) is 0 Å². The van der Waals surface area contributed by atoms with E-state index in [1.807, 2.05) is 6.92 Å². The molecule has 1 aliphatic rings. The molecule has 1 saturated heterocycles. The molecule has 3 N–H and O–H groups in total. The Kier molecular flexibility index (Phi) is 8.76. The first kappa shape index (κ1) is 19.1. The quantitative estimate of drug-likeness (QED) is 0.739. The highest BCUT2D eigenvalue weighted by molar-refractivity contribution is 5.86. The summed E-state index contributed by atoms with van der Waals surface area (Å²) < 4.78 is 5.18. The van der Waals surface area contributed by atoms with Crippen molar-refractivity contribution in [3.05, 3.63) is 0 Å². The van der Waals surface area contributed by atoms with E-state index in [-0.39, 0.29) is 24.2 Å². The molecular formula is C13H26ClN3O3. The Bertz CT molecular complexity index is 318. The lowest BCUT2D eigenvalue weighted by atomic mass is 9.96.